The van der Waals surface area contributed by atoms with Gasteiger partial charge in [0.15, 0.2) is 0 Å². The van der Waals surface area contributed by atoms with Crippen LogP contribution in [0.1, 0.15) is 47.9 Å². The Kier molecular flexibility index (Phi) is 10.8. The van der Waals surface area contributed by atoms with E-state index >= 15 is 0 Å². The van der Waals surface area contributed by atoms with Crippen LogP contribution in [0.2, 0.25) is 5.02 Å². The molecule has 0 aliphatic heterocycles. The number of rotatable bonds is 12. The molecule has 0 heterocycles. The second-order valence-corrected chi connectivity index (χ2v) is 14.3. The van der Waals surface area contributed by atoms with Gasteiger partial charge in [0.2, 0.25) is 11.8 Å². The molecule has 0 radical (unpaired) electrons. The summed E-state index contributed by atoms with van der Waals surface area (Å²) < 4.78 is 29.5. The average Bonchev–Trinajstić information content (AvgIpc) is 3.55. The standard InChI is InChI=1S/C37H40ClN3O4S/c1-27-15-19-33(20-16-27)41(46(44,45)34-21-17-28(2)18-22-34)26-36(42)40(25-30-11-8-12-31(38)23-30)35(24-29-9-4-3-5-10-29)37(43)39-32-13-6-7-14-32/h3-5,8-12,15-23,32,35H,6-7,13-14,24-26H2,1-2H3,(H,39,43)/t35-/m1/s1. The van der Waals surface area contributed by atoms with Gasteiger partial charge in [-0.1, -0.05) is 102 Å². The topological polar surface area (TPSA) is 86.8 Å². The van der Waals surface area contributed by atoms with Gasteiger partial charge < -0.3 is 10.2 Å². The van der Waals surface area contributed by atoms with Crippen molar-refractivity contribution < 1.29 is 18.0 Å². The van der Waals surface area contributed by atoms with Crippen molar-refractivity contribution in [2.24, 2.45) is 0 Å². The van der Waals surface area contributed by atoms with Crippen molar-refractivity contribution in [3.63, 3.8) is 0 Å². The molecule has 4 aromatic carbocycles. The van der Waals surface area contributed by atoms with E-state index in [-0.39, 0.29) is 29.8 Å². The molecule has 0 unspecified atom stereocenters. The molecule has 2 amide bonds. The first-order valence-corrected chi connectivity index (χ1v) is 17.5. The Labute approximate surface area is 277 Å². The van der Waals surface area contributed by atoms with Crippen molar-refractivity contribution in [3.8, 4) is 0 Å². The van der Waals surface area contributed by atoms with E-state index in [1.165, 1.54) is 4.90 Å². The van der Waals surface area contributed by atoms with Crippen LogP contribution in [0.15, 0.2) is 108 Å². The van der Waals surface area contributed by atoms with Crippen LogP contribution in [0.25, 0.3) is 0 Å². The number of nitrogens with zero attached hydrogens (tertiary/aromatic N) is 2. The summed E-state index contributed by atoms with van der Waals surface area (Å²) in [5.41, 5.74) is 3.85. The fraction of sp³-hybridized carbons (Fsp3) is 0.297. The molecule has 5 rings (SSSR count). The molecule has 240 valence electrons. The molecule has 1 atom stereocenters. The number of carbonyl (C=O) groups excluding carboxylic acids is 2. The number of aryl methyl sites for hydroxylation is 2. The molecule has 0 spiro atoms. The molecule has 0 aromatic heterocycles. The van der Waals surface area contributed by atoms with Gasteiger partial charge in [0.25, 0.3) is 10.0 Å². The maximum atomic E-state index is 14.6. The minimum absolute atomic E-state index is 0.0415. The van der Waals surface area contributed by atoms with Crippen LogP contribution in [-0.2, 0) is 32.6 Å². The average molecular weight is 658 g/mol. The van der Waals surface area contributed by atoms with Gasteiger partial charge in [-0.3, -0.25) is 13.9 Å². The summed E-state index contributed by atoms with van der Waals surface area (Å²) in [5, 5.41) is 3.70. The van der Waals surface area contributed by atoms with E-state index in [0.717, 1.165) is 52.2 Å². The molecule has 1 aliphatic carbocycles. The quantitative estimate of drug-likeness (QED) is 0.181. The number of halogens is 1. The van der Waals surface area contributed by atoms with Crippen molar-refractivity contribution >= 4 is 39.1 Å². The molecule has 0 saturated heterocycles. The summed E-state index contributed by atoms with van der Waals surface area (Å²) in [5.74, 6) is -0.756. The molecule has 9 heteroatoms. The lowest BCUT2D eigenvalue weighted by atomic mass is 10.0. The first kappa shape index (κ1) is 33.2. The zero-order valence-corrected chi connectivity index (χ0v) is 27.8. The van der Waals surface area contributed by atoms with Gasteiger partial charge in [0.1, 0.15) is 12.6 Å². The van der Waals surface area contributed by atoms with Gasteiger partial charge in [-0.15, -0.1) is 0 Å². The summed E-state index contributed by atoms with van der Waals surface area (Å²) in [7, 11) is -4.15. The number of sulfonamides is 1. The number of amides is 2. The smallest absolute Gasteiger partial charge is 0.264 e. The lowest BCUT2D eigenvalue weighted by molar-refractivity contribution is -0.140. The van der Waals surface area contributed by atoms with Crippen LogP contribution in [0.3, 0.4) is 0 Å². The van der Waals surface area contributed by atoms with Crippen LogP contribution < -0.4 is 9.62 Å². The minimum atomic E-state index is -4.15. The van der Waals surface area contributed by atoms with Gasteiger partial charge in [0, 0.05) is 24.0 Å². The summed E-state index contributed by atoms with van der Waals surface area (Å²) in [6.07, 6.45) is 4.13. The van der Waals surface area contributed by atoms with Crippen molar-refractivity contribution in [1.82, 2.24) is 10.2 Å². The van der Waals surface area contributed by atoms with E-state index in [9.17, 15) is 18.0 Å². The zero-order valence-electron chi connectivity index (χ0n) is 26.2. The van der Waals surface area contributed by atoms with E-state index in [2.05, 4.69) is 5.32 Å². The van der Waals surface area contributed by atoms with Crippen LogP contribution in [-0.4, -0.2) is 43.8 Å². The number of anilines is 1. The van der Waals surface area contributed by atoms with Crippen LogP contribution in [0.5, 0.6) is 0 Å². The third-order valence-corrected chi connectivity index (χ3v) is 10.4. The highest BCUT2D eigenvalue weighted by atomic mass is 35.5. The van der Waals surface area contributed by atoms with Gasteiger partial charge in [-0.05, 0) is 74.2 Å². The maximum absolute atomic E-state index is 14.6. The van der Waals surface area contributed by atoms with E-state index in [4.69, 9.17) is 11.6 Å². The highest BCUT2D eigenvalue weighted by Gasteiger charge is 2.35. The van der Waals surface area contributed by atoms with Crippen molar-refractivity contribution in [3.05, 3.63) is 130 Å². The molecule has 46 heavy (non-hydrogen) atoms. The molecular weight excluding hydrogens is 618 g/mol. The fourth-order valence-corrected chi connectivity index (χ4v) is 7.46. The van der Waals surface area contributed by atoms with E-state index in [1.807, 2.05) is 62.4 Å². The van der Waals surface area contributed by atoms with Crippen LogP contribution >= 0.6 is 11.6 Å². The van der Waals surface area contributed by atoms with Crippen LogP contribution in [0.4, 0.5) is 5.69 Å². The molecule has 0 bridgehead atoms. The van der Waals surface area contributed by atoms with Crippen molar-refractivity contribution in [1.29, 1.82) is 0 Å². The number of benzene rings is 4. The lowest BCUT2D eigenvalue weighted by Gasteiger charge is -2.34. The fourth-order valence-electron chi connectivity index (χ4n) is 5.83. The second kappa shape index (κ2) is 15.0. The molecule has 1 fully saturated rings. The summed E-state index contributed by atoms with van der Waals surface area (Å²) in [4.78, 5) is 30.3. The molecular formula is C37H40ClN3O4S. The minimum Gasteiger partial charge on any atom is -0.352 e. The van der Waals surface area contributed by atoms with Crippen LogP contribution in [0, 0.1) is 13.8 Å². The summed E-state index contributed by atoms with van der Waals surface area (Å²) >= 11 is 6.34. The Morgan fingerprint density at radius 1 is 0.826 bits per heavy atom. The van der Waals surface area contributed by atoms with Gasteiger partial charge in [-0.25, -0.2) is 8.42 Å². The SMILES string of the molecule is Cc1ccc(N(CC(=O)N(Cc2cccc(Cl)c2)[C@H](Cc2ccccc2)C(=O)NC2CCCC2)S(=O)(=O)c2ccc(C)cc2)cc1. The molecule has 1 aliphatic rings. The van der Waals surface area contributed by atoms with E-state index < -0.39 is 28.5 Å². The summed E-state index contributed by atoms with van der Waals surface area (Å²) in [6.45, 7) is 3.37. The molecule has 1 N–H and O–H groups in total. The molecule has 1 saturated carbocycles. The third-order valence-electron chi connectivity index (χ3n) is 8.42. The Balaban J connectivity index is 1.56. The van der Waals surface area contributed by atoms with E-state index in [1.54, 1.807) is 54.6 Å². The monoisotopic (exact) mass is 657 g/mol. The maximum Gasteiger partial charge on any atom is 0.264 e. The zero-order chi connectivity index (χ0) is 32.7. The predicted octanol–water partition coefficient (Wildman–Crippen LogP) is 6.85. The predicted molar refractivity (Wildman–Crippen MR) is 183 cm³/mol. The normalized spacial score (nSPS) is 14.1. The number of hydrogen-bond acceptors (Lipinski definition) is 4. The highest BCUT2D eigenvalue weighted by molar-refractivity contribution is 7.92. The molecule has 4 aromatic rings. The van der Waals surface area contributed by atoms with Crippen molar-refractivity contribution in [2.45, 2.75) is 69.5 Å². The number of nitrogens with one attached hydrogen (secondary N) is 1. The Bertz CT molecular complexity index is 1740. The van der Waals surface area contributed by atoms with Gasteiger partial charge in [-0.2, -0.15) is 0 Å². The van der Waals surface area contributed by atoms with Gasteiger partial charge in [0.05, 0.1) is 10.6 Å². The third kappa shape index (κ3) is 8.36. The van der Waals surface area contributed by atoms with Crippen molar-refractivity contribution in [2.75, 3.05) is 10.8 Å². The number of hydrogen-bond donors (Lipinski definition) is 1. The number of carbonyl (C=O) groups is 2. The Hall–Kier alpha value is -4.14. The second-order valence-electron chi connectivity index (χ2n) is 12.0. The van der Waals surface area contributed by atoms with E-state index in [0.29, 0.717) is 10.7 Å². The first-order chi connectivity index (χ1) is 22.1. The molecule has 7 nitrogen and oxygen atoms in total. The van der Waals surface area contributed by atoms with Gasteiger partial charge >= 0.3 is 0 Å². The highest BCUT2D eigenvalue weighted by Crippen LogP contribution is 2.26. The largest absolute Gasteiger partial charge is 0.352 e. The lowest BCUT2D eigenvalue weighted by Crippen LogP contribution is -2.54. The summed E-state index contributed by atoms with van der Waals surface area (Å²) in [6, 6.07) is 29.5. The Morgan fingerprint density at radius 3 is 2.07 bits per heavy atom. The Morgan fingerprint density at radius 2 is 1.43 bits per heavy atom. The first-order valence-electron chi connectivity index (χ1n) is 15.6.